The zero-order valence-electron chi connectivity index (χ0n) is 24.5. The van der Waals surface area contributed by atoms with E-state index in [4.69, 9.17) is 28.4 Å². The smallest absolute Gasteiger partial charge is 0.338 e. The van der Waals surface area contributed by atoms with Gasteiger partial charge in [0.05, 0.1) is 61.3 Å². The molecule has 0 bridgehead atoms. The first kappa shape index (κ1) is 31.3. The number of esters is 1. The van der Waals surface area contributed by atoms with Crippen LogP contribution in [0, 0.1) is 10.1 Å². The summed E-state index contributed by atoms with van der Waals surface area (Å²) in [7, 11) is 5.74. The molecule has 14 heteroatoms. The van der Waals surface area contributed by atoms with Crippen molar-refractivity contribution in [1.29, 1.82) is 0 Å². The van der Waals surface area contributed by atoms with Gasteiger partial charge in [0.15, 0.2) is 27.8 Å². The Morgan fingerprint density at radius 2 is 1.84 bits per heavy atom. The van der Waals surface area contributed by atoms with Crippen molar-refractivity contribution in [3.8, 4) is 23.0 Å². The fraction of sp³-hybridized carbons (Fsp3) is 0.345. The number of nitro groups is 1. The molecule has 0 amide bonds. The first-order valence-corrected chi connectivity index (χ1v) is 13.9. The first-order valence-electron chi connectivity index (χ1n) is 13.1. The van der Waals surface area contributed by atoms with E-state index in [1.165, 1.54) is 51.2 Å². The third-order valence-electron chi connectivity index (χ3n) is 6.56. The van der Waals surface area contributed by atoms with Crippen LogP contribution in [-0.4, -0.2) is 63.7 Å². The number of nitrogens with zero attached hydrogens (tertiary/aromatic N) is 3. The lowest BCUT2D eigenvalue weighted by Crippen LogP contribution is -2.40. The Kier molecular flexibility index (Phi) is 9.83. The number of ether oxygens (including phenoxy) is 6. The number of methoxy groups -OCH3 is 4. The highest BCUT2D eigenvalue weighted by Crippen LogP contribution is 2.41. The zero-order valence-corrected chi connectivity index (χ0v) is 25.3. The lowest BCUT2D eigenvalue weighted by atomic mass is 9.94. The average Bonchev–Trinajstić information content (AvgIpc) is 3.29. The number of hydrogen-bond acceptors (Lipinski definition) is 12. The minimum atomic E-state index is -0.994. The molecular formula is C29H31N3O10S. The maximum atomic E-state index is 14.1. The van der Waals surface area contributed by atoms with Gasteiger partial charge < -0.3 is 28.4 Å². The van der Waals surface area contributed by atoms with E-state index >= 15 is 0 Å². The number of rotatable bonds is 12. The van der Waals surface area contributed by atoms with E-state index in [2.05, 4.69) is 4.99 Å². The summed E-state index contributed by atoms with van der Waals surface area (Å²) in [4.78, 5) is 43.6. The van der Waals surface area contributed by atoms with Gasteiger partial charge in [-0.05, 0) is 26.0 Å². The van der Waals surface area contributed by atoms with Crippen molar-refractivity contribution in [2.45, 2.75) is 19.9 Å². The van der Waals surface area contributed by atoms with E-state index in [1.807, 2.05) is 6.92 Å². The molecule has 1 aromatic heterocycles. The zero-order chi connectivity index (χ0) is 31.3. The van der Waals surface area contributed by atoms with Crippen molar-refractivity contribution in [3.63, 3.8) is 0 Å². The third kappa shape index (κ3) is 6.10. The minimum Gasteiger partial charge on any atom is -0.493 e. The highest BCUT2D eigenvalue weighted by molar-refractivity contribution is 7.07. The Hall–Kier alpha value is -4.69. The molecular weight excluding hydrogens is 582 g/mol. The fourth-order valence-electron chi connectivity index (χ4n) is 4.71. The SMILES string of the molecule is CCOc1c(OC)cccc1[C@@H]1C(C(=O)OCCOC)=C(C)N=c2s/c(=C/c3cc([N+](=O)[O-])cc(OC)c3OC)c(=O)n21. The molecule has 0 saturated carbocycles. The van der Waals surface area contributed by atoms with Crippen LogP contribution >= 0.6 is 11.3 Å². The number of thiazole rings is 1. The van der Waals surface area contributed by atoms with Crippen LogP contribution in [0.15, 0.2) is 51.4 Å². The van der Waals surface area contributed by atoms with Crippen molar-refractivity contribution in [2.24, 2.45) is 4.99 Å². The summed E-state index contributed by atoms with van der Waals surface area (Å²) in [5, 5.41) is 11.6. The van der Waals surface area contributed by atoms with Gasteiger partial charge in [-0.25, -0.2) is 9.79 Å². The van der Waals surface area contributed by atoms with Gasteiger partial charge in [0.2, 0.25) is 0 Å². The molecule has 1 aliphatic rings. The van der Waals surface area contributed by atoms with Gasteiger partial charge >= 0.3 is 5.97 Å². The lowest BCUT2D eigenvalue weighted by Gasteiger charge is -2.27. The fourth-order valence-corrected chi connectivity index (χ4v) is 5.75. The highest BCUT2D eigenvalue weighted by atomic mass is 32.1. The van der Waals surface area contributed by atoms with Gasteiger partial charge in [0, 0.05) is 24.3 Å². The Morgan fingerprint density at radius 3 is 2.47 bits per heavy atom. The molecule has 13 nitrogen and oxygen atoms in total. The second-order valence-electron chi connectivity index (χ2n) is 9.05. The second-order valence-corrected chi connectivity index (χ2v) is 10.1. The summed E-state index contributed by atoms with van der Waals surface area (Å²) < 4.78 is 34.3. The molecule has 4 rings (SSSR count). The van der Waals surface area contributed by atoms with Crippen molar-refractivity contribution >= 4 is 29.1 Å². The van der Waals surface area contributed by atoms with Crippen molar-refractivity contribution < 1.29 is 38.1 Å². The van der Waals surface area contributed by atoms with Crippen LogP contribution in [0.2, 0.25) is 0 Å². The molecule has 43 heavy (non-hydrogen) atoms. The number of allylic oxidation sites excluding steroid dienone is 1. The monoisotopic (exact) mass is 613 g/mol. The van der Waals surface area contributed by atoms with Crippen molar-refractivity contribution in [3.05, 3.63) is 82.5 Å². The number of para-hydroxylation sites is 1. The normalized spacial score (nSPS) is 14.6. The molecule has 0 unspecified atom stereocenters. The third-order valence-corrected chi connectivity index (χ3v) is 7.55. The van der Waals surface area contributed by atoms with Gasteiger partial charge in [0.25, 0.3) is 11.2 Å². The summed E-state index contributed by atoms with van der Waals surface area (Å²) in [6.07, 6.45) is 1.47. The van der Waals surface area contributed by atoms with E-state index in [-0.39, 0.29) is 46.1 Å². The van der Waals surface area contributed by atoms with E-state index in [0.29, 0.717) is 34.2 Å². The molecule has 228 valence electrons. The summed E-state index contributed by atoms with van der Waals surface area (Å²) in [6.45, 7) is 3.93. The first-order chi connectivity index (χ1) is 20.7. The Morgan fingerprint density at radius 1 is 1.09 bits per heavy atom. The summed E-state index contributed by atoms with van der Waals surface area (Å²) in [5.74, 6) is 0.433. The second kappa shape index (κ2) is 13.5. The summed E-state index contributed by atoms with van der Waals surface area (Å²) in [5.41, 5.74) is 0.475. The van der Waals surface area contributed by atoms with E-state index in [9.17, 15) is 19.7 Å². The average molecular weight is 614 g/mol. The van der Waals surface area contributed by atoms with E-state index in [0.717, 1.165) is 11.3 Å². The van der Waals surface area contributed by atoms with Crippen LogP contribution in [0.3, 0.4) is 0 Å². The molecule has 0 saturated heterocycles. The molecule has 2 heterocycles. The molecule has 0 aliphatic carbocycles. The molecule has 1 atom stereocenters. The van der Waals surface area contributed by atoms with Crippen LogP contribution in [0.1, 0.15) is 31.0 Å². The summed E-state index contributed by atoms with van der Waals surface area (Å²) >= 11 is 1.05. The van der Waals surface area contributed by atoms with Crippen LogP contribution < -0.4 is 33.8 Å². The lowest BCUT2D eigenvalue weighted by molar-refractivity contribution is -0.385. The van der Waals surface area contributed by atoms with Gasteiger partial charge in [0.1, 0.15) is 12.6 Å². The molecule has 3 aromatic rings. The molecule has 0 N–H and O–H groups in total. The van der Waals surface area contributed by atoms with Crippen LogP contribution in [0.5, 0.6) is 23.0 Å². The maximum absolute atomic E-state index is 14.1. The van der Waals surface area contributed by atoms with Gasteiger partial charge in [-0.15, -0.1) is 0 Å². The largest absolute Gasteiger partial charge is 0.493 e. The number of carbonyl (C=O) groups is 1. The highest BCUT2D eigenvalue weighted by Gasteiger charge is 2.36. The van der Waals surface area contributed by atoms with Gasteiger partial charge in [-0.1, -0.05) is 23.5 Å². The minimum absolute atomic E-state index is 0.00586. The number of carbonyl (C=O) groups excluding carboxylic acids is 1. The molecule has 0 radical (unpaired) electrons. The number of aromatic nitrogens is 1. The predicted octanol–water partition coefficient (Wildman–Crippen LogP) is 2.76. The molecule has 2 aromatic carbocycles. The summed E-state index contributed by atoms with van der Waals surface area (Å²) in [6, 6.07) is 6.72. The van der Waals surface area contributed by atoms with Gasteiger partial charge in [-0.2, -0.15) is 0 Å². The van der Waals surface area contributed by atoms with E-state index in [1.54, 1.807) is 25.1 Å². The number of fused-ring (bicyclic) bond motifs is 1. The predicted molar refractivity (Wildman–Crippen MR) is 157 cm³/mol. The number of non-ortho nitro benzene ring substituents is 1. The van der Waals surface area contributed by atoms with Crippen molar-refractivity contribution in [2.75, 3.05) is 48.3 Å². The number of hydrogen-bond donors (Lipinski definition) is 0. The molecule has 1 aliphatic heterocycles. The number of benzene rings is 2. The van der Waals surface area contributed by atoms with Crippen LogP contribution in [0.25, 0.3) is 6.08 Å². The standard InChI is InChI=1S/C29H31N3O10S/c1-7-41-26-19(9-8-10-20(26)38-4)24-23(28(34)42-12-11-37-3)16(2)30-29-31(24)27(33)22(43-29)14-17-13-18(32(35)36)15-21(39-5)25(17)40-6/h8-10,13-15,24H,7,11-12H2,1-6H3/b22-14+/t24-/m1/s1. The Labute approximate surface area is 250 Å². The topological polar surface area (TPSA) is 150 Å². The van der Waals surface area contributed by atoms with E-state index < -0.39 is 22.5 Å². The van der Waals surface area contributed by atoms with Crippen LogP contribution in [-0.2, 0) is 14.3 Å². The van der Waals surface area contributed by atoms with Gasteiger partial charge in [-0.3, -0.25) is 19.5 Å². The molecule has 0 fully saturated rings. The van der Waals surface area contributed by atoms with Crippen LogP contribution in [0.4, 0.5) is 5.69 Å². The number of nitro benzene ring substituents is 1. The Balaban J connectivity index is 2.02. The van der Waals surface area contributed by atoms with Crippen molar-refractivity contribution in [1.82, 2.24) is 4.57 Å². The maximum Gasteiger partial charge on any atom is 0.338 e. The molecule has 0 spiro atoms. The quantitative estimate of drug-likeness (QED) is 0.129. The Bertz CT molecular complexity index is 1760.